The minimum atomic E-state index is -0.178. The van der Waals surface area contributed by atoms with Crippen LogP contribution in [0, 0.1) is 0 Å². The second-order valence-electron chi connectivity index (χ2n) is 5.10. The van der Waals surface area contributed by atoms with Crippen molar-refractivity contribution >= 4 is 11.7 Å². The van der Waals surface area contributed by atoms with E-state index in [4.69, 9.17) is 0 Å². The van der Waals surface area contributed by atoms with E-state index >= 15 is 0 Å². The van der Waals surface area contributed by atoms with Crippen molar-refractivity contribution in [1.82, 2.24) is 10.2 Å². The number of nitrogens with one attached hydrogen (secondary N) is 2. The molecule has 1 saturated carbocycles. The fraction of sp³-hybridized carbons (Fsp3) is 0.333. The van der Waals surface area contributed by atoms with Gasteiger partial charge in [-0.25, -0.2) is 0 Å². The van der Waals surface area contributed by atoms with E-state index in [2.05, 4.69) is 15.5 Å². The molecule has 1 amide bonds. The molecule has 0 bridgehead atoms. The lowest BCUT2D eigenvalue weighted by Crippen LogP contribution is -2.19. The Morgan fingerprint density at radius 3 is 2.79 bits per heavy atom. The number of carbonyl (C=O) groups excluding carboxylic acids is 1. The minimum absolute atomic E-state index is 0.0277. The van der Waals surface area contributed by atoms with Crippen molar-refractivity contribution in [3.8, 4) is 0 Å². The zero-order valence-corrected chi connectivity index (χ0v) is 10.9. The van der Waals surface area contributed by atoms with Gasteiger partial charge in [0.1, 0.15) is 0 Å². The molecule has 4 nitrogen and oxygen atoms in total. The van der Waals surface area contributed by atoms with Crippen LogP contribution in [0.2, 0.25) is 0 Å². The van der Waals surface area contributed by atoms with Crippen LogP contribution in [0.15, 0.2) is 36.4 Å². The second-order valence-corrected chi connectivity index (χ2v) is 5.10. The van der Waals surface area contributed by atoms with Crippen molar-refractivity contribution < 1.29 is 4.79 Å². The van der Waals surface area contributed by atoms with Gasteiger partial charge >= 0.3 is 0 Å². The van der Waals surface area contributed by atoms with Crippen molar-refractivity contribution in [2.45, 2.75) is 31.6 Å². The molecule has 1 fully saturated rings. The molecule has 0 spiro atoms. The molecule has 4 heteroatoms. The standard InChI is InChI=1S/C15H17N3O/c1-10(11-5-3-2-4-6-11)15(19)16-14-9-13(17-18-14)12-7-8-12/h2-6,9-10,12H,7-8H2,1H3,(H2,16,17,18,19)/t10-/m1/s1. The summed E-state index contributed by atoms with van der Waals surface area (Å²) in [6, 6.07) is 11.7. The Morgan fingerprint density at radius 2 is 2.11 bits per heavy atom. The van der Waals surface area contributed by atoms with E-state index in [1.165, 1.54) is 12.8 Å². The lowest BCUT2D eigenvalue weighted by Gasteiger charge is -2.10. The number of anilines is 1. The lowest BCUT2D eigenvalue weighted by atomic mass is 10.0. The van der Waals surface area contributed by atoms with E-state index in [1.807, 2.05) is 43.3 Å². The molecule has 1 aromatic carbocycles. The summed E-state index contributed by atoms with van der Waals surface area (Å²) in [6.07, 6.45) is 2.44. The Morgan fingerprint density at radius 1 is 1.37 bits per heavy atom. The number of carbonyl (C=O) groups is 1. The summed E-state index contributed by atoms with van der Waals surface area (Å²) in [7, 11) is 0. The van der Waals surface area contributed by atoms with E-state index in [0.29, 0.717) is 11.7 Å². The van der Waals surface area contributed by atoms with Gasteiger partial charge in [0.25, 0.3) is 0 Å². The van der Waals surface area contributed by atoms with Crippen molar-refractivity contribution in [1.29, 1.82) is 0 Å². The first kappa shape index (κ1) is 12.0. The van der Waals surface area contributed by atoms with Gasteiger partial charge in [0.2, 0.25) is 5.91 Å². The molecule has 2 N–H and O–H groups in total. The second kappa shape index (κ2) is 4.88. The molecule has 1 aliphatic rings. The quantitative estimate of drug-likeness (QED) is 0.882. The number of benzene rings is 1. The SMILES string of the molecule is C[C@@H](C(=O)Nc1cc(C2CC2)[nH]n1)c1ccccc1. The third kappa shape index (κ3) is 2.67. The van der Waals surface area contributed by atoms with E-state index < -0.39 is 0 Å². The van der Waals surface area contributed by atoms with Gasteiger partial charge in [0.05, 0.1) is 5.92 Å². The number of hydrogen-bond acceptors (Lipinski definition) is 2. The molecule has 0 radical (unpaired) electrons. The van der Waals surface area contributed by atoms with Gasteiger partial charge in [-0.3, -0.25) is 9.89 Å². The molecule has 98 valence electrons. The Kier molecular flexibility index (Phi) is 3.07. The summed E-state index contributed by atoms with van der Waals surface area (Å²) < 4.78 is 0. The Bertz CT molecular complexity index is 572. The fourth-order valence-electron chi connectivity index (χ4n) is 2.13. The summed E-state index contributed by atoms with van der Waals surface area (Å²) >= 11 is 0. The van der Waals surface area contributed by atoms with Gasteiger partial charge < -0.3 is 5.32 Å². The van der Waals surface area contributed by atoms with Crippen LogP contribution in [-0.2, 0) is 4.79 Å². The van der Waals surface area contributed by atoms with Gasteiger partial charge in [-0.15, -0.1) is 0 Å². The Balaban J connectivity index is 1.66. The smallest absolute Gasteiger partial charge is 0.232 e. The molecular weight excluding hydrogens is 238 g/mol. The van der Waals surface area contributed by atoms with Crippen LogP contribution < -0.4 is 5.32 Å². The van der Waals surface area contributed by atoms with E-state index in [0.717, 1.165) is 11.3 Å². The van der Waals surface area contributed by atoms with Crippen molar-refractivity contribution in [3.05, 3.63) is 47.7 Å². The lowest BCUT2D eigenvalue weighted by molar-refractivity contribution is -0.117. The predicted molar refractivity (Wildman–Crippen MR) is 74.0 cm³/mol. The van der Waals surface area contributed by atoms with E-state index in [-0.39, 0.29) is 11.8 Å². The highest BCUT2D eigenvalue weighted by Gasteiger charge is 2.26. The first-order valence-corrected chi connectivity index (χ1v) is 6.65. The maximum Gasteiger partial charge on any atom is 0.232 e. The molecule has 2 aromatic rings. The van der Waals surface area contributed by atoms with Crippen LogP contribution in [0.3, 0.4) is 0 Å². The first-order valence-electron chi connectivity index (χ1n) is 6.65. The Hall–Kier alpha value is -2.10. The third-order valence-electron chi connectivity index (χ3n) is 3.56. The summed E-state index contributed by atoms with van der Waals surface area (Å²) in [6.45, 7) is 1.90. The minimum Gasteiger partial charge on any atom is -0.309 e. The maximum absolute atomic E-state index is 12.1. The topological polar surface area (TPSA) is 57.8 Å². The molecule has 3 rings (SSSR count). The number of aromatic amines is 1. The predicted octanol–water partition coefficient (Wildman–Crippen LogP) is 3.03. The number of aromatic nitrogens is 2. The monoisotopic (exact) mass is 255 g/mol. The summed E-state index contributed by atoms with van der Waals surface area (Å²) in [4.78, 5) is 12.1. The molecule has 19 heavy (non-hydrogen) atoms. The van der Waals surface area contributed by atoms with Gasteiger partial charge in [0.15, 0.2) is 5.82 Å². The van der Waals surface area contributed by atoms with Crippen LogP contribution in [0.5, 0.6) is 0 Å². The molecule has 1 heterocycles. The molecular formula is C15H17N3O. The van der Waals surface area contributed by atoms with Crippen LogP contribution >= 0.6 is 0 Å². The maximum atomic E-state index is 12.1. The van der Waals surface area contributed by atoms with Gasteiger partial charge in [0, 0.05) is 17.7 Å². The number of amides is 1. The zero-order chi connectivity index (χ0) is 13.2. The molecule has 1 atom stereocenters. The third-order valence-corrected chi connectivity index (χ3v) is 3.56. The van der Waals surface area contributed by atoms with Crippen molar-refractivity contribution in [3.63, 3.8) is 0 Å². The average molecular weight is 255 g/mol. The van der Waals surface area contributed by atoms with Crippen molar-refractivity contribution in [2.75, 3.05) is 5.32 Å². The van der Waals surface area contributed by atoms with Crippen molar-refractivity contribution in [2.24, 2.45) is 0 Å². The van der Waals surface area contributed by atoms with Crippen LogP contribution in [0.1, 0.15) is 42.9 Å². The first-order chi connectivity index (χ1) is 9.24. The van der Waals surface area contributed by atoms with Crippen LogP contribution in [0.25, 0.3) is 0 Å². The van der Waals surface area contributed by atoms with Crippen LogP contribution in [-0.4, -0.2) is 16.1 Å². The van der Waals surface area contributed by atoms with Gasteiger partial charge in [-0.2, -0.15) is 5.10 Å². The summed E-state index contributed by atoms with van der Waals surface area (Å²) in [5.74, 6) is 1.03. The highest BCUT2D eigenvalue weighted by molar-refractivity contribution is 5.94. The van der Waals surface area contributed by atoms with E-state index in [9.17, 15) is 4.79 Å². The molecule has 1 aromatic heterocycles. The van der Waals surface area contributed by atoms with Gasteiger partial charge in [-0.1, -0.05) is 30.3 Å². The summed E-state index contributed by atoms with van der Waals surface area (Å²) in [5, 5.41) is 9.99. The van der Waals surface area contributed by atoms with Gasteiger partial charge in [-0.05, 0) is 25.3 Å². The molecule has 1 aliphatic carbocycles. The fourth-order valence-corrected chi connectivity index (χ4v) is 2.13. The number of rotatable bonds is 4. The van der Waals surface area contributed by atoms with Crippen LogP contribution in [0.4, 0.5) is 5.82 Å². The number of hydrogen-bond donors (Lipinski definition) is 2. The highest BCUT2D eigenvalue weighted by Crippen LogP contribution is 2.39. The normalized spacial score (nSPS) is 16.1. The number of H-pyrrole nitrogens is 1. The largest absolute Gasteiger partial charge is 0.309 e. The number of nitrogens with zero attached hydrogens (tertiary/aromatic N) is 1. The average Bonchev–Trinajstić information content (AvgIpc) is 3.20. The molecule has 0 aliphatic heterocycles. The summed E-state index contributed by atoms with van der Waals surface area (Å²) in [5.41, 5.74) is 2.14. The Labute approximate surface area is 112 Å². The molecule has 0 saturated heterocycles. The molecule has 0 unspecified atom stereocenters. The zero-order valence-electron chi connectivity index (χ0n) is 10.9. The van der Waals surface area contributed by atoms with E-state index in [1.54, 1.807) is 0 Å². The highest BCUT2D eigenvalue weighted by atomic mass is 16.1.